The van der Waals surface area contributed by atoms with Crippen molar-refractivity contribution in [2.45, 2.75) is 13.3 Å². The molecule has 0 fully saturated rings. The second kappa shape index (κ2) is 4.96. The zero-order chi connectivity index (χ0) is 12.3. The van der Waals surface area contributed by atoms with Gasteiger partial charge in [-0.25, -0.2) is 5.01 Å². The van der Waals surface area contributed by atoms with Crippen molar-refractivity contribution in [2.24, 2.45) is 0 Å². The van der Waals surface area contributed by atoms with Gasteiger partial charge >= 0.3 is 0 Å². The van der Waals surface area contributed by atoms with E-state index in [2.05, 4.69) is 37.8 Å². The van der Waals surface area contributed by atoms with E-state index in [4.69, 9.17) is 0 Å². The van der Waals surface area contributed by atoms with Crippen molar-refractivity contribution in [1.82, 2.24) is 25.2 Å². The number of nitrogens with zero attached hydrogens (tertiary/aromatic N) is 4. The molecule has 3 N–H and O–H groups in total. The van der Waals surface area contributed by atoms with Gasteiger partial charge in [0.2, 0.25) is 5.95 Å². The smallest absolute Gasteiger partial charge is 0.226 e. The molecule has 7 heteroatoms. The topological polar surface area (TPSA) is 81.8 Å². The summed E-state index contributed by atoms with van der Waals surface area (Å²) in [6.07, 6.45) is 2.74. The van der Waals surface area contributed by atoms with Gasteiger partial charge in [0.15, 0.2) is 11.5 Å². The first-order valence-corrected chi connectivity index (χ1v) is 5.59. The zero-order valence-electron chi connectivity index (χ0n) is 10.3. The molecule has 92 valence electrons. The summed E-state index contributed by atoms with van der Waals surface area (Å²) < 4.78 is 0. The van der Waals surface area contributed by atoms with Crippen LogP contribution in [0.2, 0.25) is 0 Å². The molecule has 0 radical (unpaired) electrons. The molecule has 0 saturated heterocycles. The van der Waals surface area contributed by atoms with Crippen molar-refractivity contribution < 1.29 is 0 Å². The van der Waals surface area contributed by atoms with Crippen molar-refractivity contribution in [3.63, 3.8) is 0 Å². The SMILES string of the molecule is CCCNc1nc(NN(C)C)c2cn[nH]c2n1. The van der Waals surface area contributed by atoms with Crippen molar-refractivity contribution >= 4 is 22.8 Å². The zero-order valence-corrected chi connectivity index (χ0v) is 10.3. The summed E-state index contributed by atoms with van der Waals surface area (Å²) in [6, 6.07) is 0. The van der Waals surface area contributed by atoms with Gasteiger partial charge in [0.05, 0.1) is 11.6 Å². The van der Waals surface area contributed by atoms with Crippen LogP contribution in [0.5, 0.6) is 0 Å². The van der Waals surface area contributed by atoms with Gasteiger partial charge in [-0.05, 0) is 6.42 Å². The van der Waals surface area contributed by atoms with Crippen LogP contribution in [-0.4, -0.2) is 45.8 Å². The normalized spacial score (nSPS) is 11.1. The molecule has 0 bridgehead atoms. The molecule has 0 spiro atoms. The van der Waals surface area contributed by atoms with Crippen LogP contribution in [0.15, 0.2) is 6.20 Å². The Morgan fingerprint density at radius 1 is 1.35 bits per heavy atom. The predicted molar refractivity (Wildman–Crippen MR) is 67.8 cm³/mol. The van der Waals surface area contributed by atoms with Crippen LogP contribution in [0.25, 0.3) is 11.0 Å². The summed E-state index contributed by atoms with van der Waals surface area (Å²) in [5.41, 5.74) is 3.86. The molecule has 2 aromatic heterocycles. The van der Waals surface area contributed by atoms with Crippen LogP contribution in [0, 0.1) is 0 Å². The van der Waals surface area contributed by atoms with Crippen molar-refractivity contribution in [3.05, 3.63) is 6.20 Å². The van der Waals surface area contributed by atoms with Crippen LogP contribution in [0.3, 0.4) is 0 Å². The van der Waals surface area contributed by atoms with Crippen LogP contribution in [0.4, 0.5) is 11.8 Å². The standard InChI is InChI=1S/C10H17N7/c1-4-5-11-10-13-8-7(6-12-15-8)9(14-10)16-17(2)3/h6H,4-5H2,1-3H3,(H3,11,12,13,14,15,16). The first-order chi connectivity index (χ1) is 8.20. The Morgan fingerprint density at radius 3 is 2.88 bits per heavy atom. The molecule has 0 aromatic carbocycles. The molecule has 2 aromatic rings. The monoisotopic (exact) mass is 235 g/mol. The predicted octanol–water partition coefficient (Wildman–Crippen LogP) is 1.06. The third kappa shape index (κ3) is 2.62. The fourth-order valence-corrected chi connectivity index (χ4v) is 1.45. The van der Waals surface area contributed by atoms with E-state index in [1.807, 2.05) is 19.1 Å². The van der Waals surface area contributed by atoms with E-state index in [0.29, 0.717) is 5.95 Å². The molecule has 2 rings (SSSR count). The number of rotatable bonds is 5. The molecule has 0 amide bonds. The maximum atomic E-state index is 4.42. The van der Waals surface area contributed by atoms with E-state index in [-0.39, 0.29) is 0 Å². The van der Waals surface area contributed by atoms with E-state index in [0.717, 1.165) is 29.8 Å². The number of aromatic nitrogens is 4. The summed E-state index contributed by atoms with van der Waals surface area (Å²) in [5.74, 6) is 1.35. The van der Waals surface area contributed by atoms with Gasteiger partial charge in [0.1, 0.15) is 0 Å². The third-order valence-corrected chi connectivity index (χ3v) is 2.17. The molecule has 0 aliphatic heterocycles. The molecular weight excluding hydrogens is 218 g/mol. The lowest BCUT2D eigenvalue weighted by atomic mass is 10.4. The lowest BCUT2D eigenvalue weighted by Crippen LogP contribution is -2.21. The van der Waals surface area contributed by atoms with Crippen LogP contribution >= 0.6 is 0 Å². The Balaban J connectivity index is 2.36. The molecule has 2 heterocycles. The second-order valence-electron chi connectivity index (χ2n) is 3.96. The first kappa shape index (κ1) is 11.6. The Hall–Kier alpha value is -1.89. The Labute approximate surface area is 99.6 Å². The molecule has 0 aliphatic rings. The fourth-order valence-electron chi connectivity index (χ4n) is 1.45. The van der Waals surface area contributed by atoms with Crippen LogP contribution in [-0.2, 0) is 0 Å². The average Bonchev–Trinajstić information content (AvgIpc) is 2.73. The summed E-state index contributed by atoms with van der Waals surface area (Å²) in [5, 5.41) is 12.7. The van der Waals surface area contributed by atoms with E-state index in [1.165, 1.54) is 0 Å². The molecule has 0 atom stereocenters. The van der Waals surface area contributed by atoms with E-state index in [1.54, 1.807) is 6.20 Å². The Bertz CT molecular complexity index is 490. The molecule has 0 aliphatic carbocycles. The number of hydrogen-bond donors (Lipinski definition) is 3. The minimum absolute atomic E-state index is 0.605. The fraction of sp³-hybridized carbons (Fsp3) is 0.500. The third-order valence-electron chi connectivity index (χ3n) is 2.17. The maximum Gasteiger partial charge on any atom is 0.226 e. The first-order valence-electron chi connectivity index (χ1n) is 5.59. The van der Waals surface area contributed by atoms with Gasteiger partial charge in [-0.1, -0.05) is 6.92 Å². The molecule has 0 saturated carbocycles. The van der Waals surface area contributed by atoms with Gasteiger partial charge in [-0.2, -0.15) is 15.1 Å². The van der Waals surface area contributed by atoms with Gasteiger partial charge in [-0.3, -0.25) is 5.10 Å². The molecular formula is C10H17N7. The van der Waals surface area contributed by atoms with Crippen molar-refractivity contribution in [1.29, 1.82) is 0 Å². The van der Waals surface area contributed by atoms with Crippen molar-refractivity contribution in [3.8, 4) is 0 Å². The van der Waals surface area contributed by atoms with E-state index < -0.39 is 0 Å². The Kier molecular flexibility index (Phi) is 3.38. The summed E-state index contributed by atoms with van der Waals surface area (Å²) in [4.78, 5) is 8.76. The average molecular weight is 235 g/mol. The van der Waals surface area contributed by atoms with Crippen molar-refractivity contribution in [2.75, 3.05) is 31.4 Å². The molecule has 0 unspecified atom stereocenters. The Morgan fingerprint density at radius 2 is 2.18 bits per heavy atom. The summed E-state index contributed by atoms with van der Waals surface area (Å²) in [6.45, 7) is 2.95. The van der Waals surface area contributed by atoms with E-state index in [9.17, 15) is 0 Å². The van der Waals surface area contributed by atoms with Crippen LogP contribution in [0.1, 0.15) is 13.3 Å². The minimum atomic E-state index is 0.605. The second-order valence-corrected chi connectivity index (χ2v) is 3.96. The number of fused-ring (bicyclic) bond motifs is 1. The van der Waals surface area contributed by atoms with Gasteiger partial charge < -0.3 is 10.7 Å². The maximum absolute atomic E-state index is 4.42. The molecule has 17 heavy (non-hydrogen) atoms. The van der Waals surface area contributed by atoms with Gasteiger partial charge in [-0.15, -0.1) is 0 Å². The summed E-state index contributed by atoms with van der Waals surface area (Å²) >= 11 is 0. The highest BCUT2D eigenvalue weighted by Gasteiger charge is 2.09. The number of nitrogens with one attached hydrogen (secondary N) is 3. The number of hydrogen-bond acceptors (Lipinski definition) is 6. The van der Waals surface area contributed by atoms with Crippen LogP contribution < -0.4 is 10.7 Å². The highest BCUT2D eigenvalue weighted by atomic mass is 15.5. The lowest BCUT2D eigenvalue weighted by molar-refractivity contribution is 0.493. The number of anilines is 2. The number of aromatic amines is 1. The number of hydrazine groups is 1. The number of H-pyrrole nitrogens is 1. The highest BCUT2D eigenvalue weighted by Crippen LogP contribution is 2.19. The minimum Gasteiger partial charge on any atom is -0.354 e. The van der Waals surface area contributed by atoms with Gasteiger partial charge in [0.25, 0.3) is 0 Å². The highest BCUT2D eigenvalue weighted by molar-refractivity contribution is 5.86. The van der Waals surface area contributed by atoms with Gasteiger partial charge in [0, 0.05) is 20.6 Å². The summed E-state index contributed by atoms with van der Waals surface area (Å²) in [7, 11) is 3.82. The molecule has 7 nitrogen and oxygen atoms in total. The lowest BCUT2D eigenvalue weighted by Gasteiger charge is -2.14. The van der Waals surface area contributed by atoms with E-state index >= 15 is 0 Å². The quantitative estimate of drug-likeness (QED) is 0.672. The largest absolute Gasteiger partial charge is 0.354 e.